The normalized spacial score (nSPS) is 15.3. The summed E-state index contributed by atoms with van der Waals surface area (Å²) in [6, 6.07) is 14.3. The highest BCUT2D eigenvalue weighted by molar-refractivity contribution is 5.90. The number of aryl methyl sites for hydroxylation is 1. The van der Waals surface area contributed by atoms with Crippen molar-refractivity contribution < 1.29 is 52.0 Å². The van der Waals surface area contributed by atoms with Crippen LogP contribution < -0.4 is 0 Å². The standard InChI is InChI=1S/C44H61FN2O10/c1-29(2)26-35(47(10)42(52)57-43(4,5)6)39(49)55-30(3)38(48)46(9)36(27-44(7,8)45)40(50)56-37(41(51)54-28-32-14-12-11-13-15-32)21-18-31-16-19-33(20-17-31)34-22-24-53-25-23-34/h11-17,19-20,22,29-30,35-37H,18,21,23-28H2,1-10H3/t30-,35+,36+,37-/m1/s1. The zero-order chi connectivity index (χ0) is 42.5. The first kappa shape index (κ1) is 46.6. The van der Waals surface area contributed by atoms with Crippen LogP contribution in [0.2, 0.25) is 0 Å². The van der Waals surface area contributed by atoms with Gasteiger partial charge in [0.1, 0.15) is 30.0 Å². The number of nitrogens with zero attached hydrogens (tertiary/aromatic N) is 2. The summed E-state index contributed by atoms with van der Waals surface area (Å²) >= 11 is 0. The van der Waals surface area contributed by atoms with Crippen molar-refractivity contribution in [3.63, 3.8) is 0 Å². The number of ether oxygens (including phenoxy) is 5. The molecule has 1 aliphatic rings. The van der Waals surface area contributed by atoms with E-state index >= 15 is 4.39 Å². The maximum atomic E-state index is 15.3. The fraction of sp³-hybridized carbons (Fsp3) is 0.568. The SMILES string of the molecule is CC(C)C[C@@H](C(=O)O[C@H](C)C(=O)N(C)[C@@H](CC(C)(C)F)C(=O)O[C@H](CCc1ccc(C2=CCOCC2)cc1)C(=O)OCc1ccccc1)N(C)C(=O)OC(C)(C)C. The van der Waals surface area contributed by atoms with Crippen LogP contribution in [0.25, 0.3) is 5.57 Å². The summed E-state index contributed by atoms with van der Waals surface area (Å²) in [5.74, 6) is -3.53. The summed E-state index contributed by atoms with van der Waals surface area (Å²) in [7, 11) is 2.69. The van der Waals surface area contributed by atoms with E-state index in [1.165, 1.54) is 40.4 Å². The quantitative estimate of drug-likeness (QED) is 0.112. The average molecular weight is 797 g/mol. The molecule has 0 N–H and O–H groups in total. The molecule has 0 unspecified atom stereocenters. The van der Waals surface area contributed by atoms with Crippen molar-refractivity contribution >= 4 is 35.5 Å². The van der Waals surface area contributed by atoms with E-state index in [0.29, 0.717) is 19.6 Å². The highest BCUT2D eigenvalue weighted by Crippen LogP contribution is 2.25. The molecule has 13 heteroatoms. The summed E-state index contributed by atoms with van der Waals surface area (Å²) < 4.78 is 43.1. The topological polar surface area (TPSA) is 138 Å². The largest absolute Gasteiger partial charge is 0.458 e. The van der Waals surface area contributed by atoms with E-state index in [1.807, 2.05) is 50.3 Å². The molecule has 0 bridgehead atoms. The highest BCUT2D eigenvalue weighted by Gasteiger charge is 2.40. The number of carbonyl (C=O) groups excluding carboxylic acids is 5. The Bertz CT molecular complexity index is 1680. The molecule has 0 fully saturated rings. The Balaban J connectivity index is 1.80. The van der Waals surface area contributed by atoms with Crippen molar-refractivity contribution in [2.24, 2.45) is 5.92 Å². The van der Waals surface area contributed by atoms with Crippen LogP contribution >= 0.6 is 0 Å². The number of carbonyl (C=O) groups is 5. The van der Waals surface area contributed by atoms with Crippen LogP contribution in [0.5, 0.6) is 0 Å². The van der Waals surface area contributed by atoms with Gasteiger partial charge in [-0.1, -0.05) is 74.5 Å². The average Bonchev–Trinajstić information content (AvgIpc) is 3.15. The van der Waals surface area contributed by atoms with Crippen molar-refractivity contribution in [1.29, 1.82) is 0 Å². The van der Waals surface area contributed by atoms with Gasteiger partial charge in [-0.25, -0.2) is 23.6 Å². The molecule has 2 aromatic carbocycles. The third-order valence-corrected chi connectivity index (χ3v) is 9.25. The molecule has 2 amide bonds. The Kier molecular flexibility index (Phi) is 17.3. The minimum absolute atomic E-state index is 0.0338. The second kappa shape index (κ2) is 21.1. The van der Waals surface area contributed by atoms with E-state index in [0.717, 1.165) is 32.9 Å². The van der Waals surface area contributed by atoms with Gasteiger partial charge in [0.05, 0.1) is 13.2 Å². The van der Waals surface area contributed by atoms with Gasteiger partial charge in [0, 0.05) is 20.5 Å². The van der Waals surface area contributed by atoms with E-state index in [2.05, 4.69) is 0 Å². The second-order valence-corrected chi connectivity index (χ2v) is 16.5. The van der Waals surface area contributed by atoms with Crippen molar-refractivity contribution in [3.05, 3.63) is 77.4 Å². The summed E-state index contributed by atoms with van der Waals surface area (Å²) in [6.07, 6.45) is -0.577. The van der Waals surface area contributed by atoms with Gasteiger partial charge >= 0.3 is 24.0 Å². The number of likely N-dealkylation sites (N-methyl/N-ethyl adjacent to an activating group) is 2. The Labute approximate surface area is 337 Å². The first-order chi connectivity index (χ1) is 26.6. The van der Waals surface area contributed by atoms with Crippen LogP contribution in [-0.4, -0.2) is 103 Å². The number of rotatable bonds is 18. The van der Waals surface area contributed by atoms with E-state index in [1.54, 1.807) is 45.0 Å². The fourth-order valence-electron chi connectivity index (χ4n) is 6.14. The number of benzene rings is 2. The van der Waals surface area contributed by atoms with Crippen molar-refractivity contribution in [2.45, 2.75) is 130 Å². The van der Waals surface area contributed by atoms with Crippen LogP contribution in [0, 0.1) is 5.92 Å². The van der Waals surface area contributed by atoms with Gasteiger partial charge in [0.15, 0.2) is 12.2 Å². The molecule has 314 valence electrons. The van der Waals surface area contributed by atoms with Gasteiger partial charge in [-0.3, -0.25) is 9.69 Å². The third-order valence-electron chi connectivity index (χ3n) is 9.25. The minimum atomic E-state index is -1.96. The maximum absolute atomic E-state index is 15.3. The summed E-state index contributed by atoms with van der Waals surface area (Å²) in [6.45, 7) is 13.8. The molecule has 2 aromatic rings. The zero-order valence-corrected chi connectivity index (χ0v) is 35.2. The van der Waals surface area contributed by atoms with Gasteiger partial charge in [-0.2, -0.15) is 0 Å². The van der Waals surface area contributed by atoms with Crippen LogP contribution in [0.4, 0.5) is 9.18 Å². The molecule has 1 aliphatic heterocycles. The molecule has 0 aromatic heterocycles. The lowest BCUT2D eigenvalue weighted by Gasteiger charge is -2.33. The molecule has 0 spiro atoms. The molecule has 0 radical (unpaired) electrons. The minimum Gasteiger partial charge on any atom is -0.458 e. The molecule has 1 heterocycles. The van der Waals surface area contributed by atoms with E-state index < -0.39 is 71.9 Å². The lowest BCUT2D eigenvalue weighted by molar-refractivity contribution is -0.176. The van der Waals surface area contributed by atoms with Gasteiger partial charge in [0.2, 0.25) is 0 Å². The molecular formula is C44H61FN2O10. The molecule has 12 nitrogen and oxygen atoms in total. The Hall–Kier alpha value is -4.78. The number of halogens is 1. The second-order valence-electron chi connectivity index (χ2n) is 16.5. The molecule has 3 rings (SSSR count). The first-order valence-electron chi connectivity index (χ1n) is 19.5. The summed E-state index contributed by atoms with van der Waals surface area (Å²) in [5, 5.41) is 0. The molecule has 0 saturated carbocycles. The lowest BCUT2D eigenvalue weighted by Crippen LogP contribution is -2.52. The van der Waals surface area contributed by atoms with Gasteiger partial charge in [-0.15, -0.1) is 0 Å². The Morgan fingerprint density at radius 3 is 2.00 bits per heavy atom. The molecule has 0 saturated heterocycles. The fourth-order valence-corrected chi connectivity index (χ4v) is 6.14. The summed E-state index contributed by atoms with van der Waals surface area (Å²) in [5.41, 5.74) is 1.11. The molecule has 4 atom stereocenters. The number of esters is 3. The monoisotopic (exact) mass is 796 g/mol. The highest BCUT2D eigenvalue weighted by atomic mass is 19.1. The van der Waals surface area contributed by atoms with Gasteiger partial charge in [0.25, 0.3) is 5.91 Å². The first-order valence-corrected chi connectivity index (χ1v) is 19.5. The third kappa shape index (κ3) is 15.6. The van der Waals surface area contributed by atoms with E-state index in [-0.39, 0.29) is 25.4 Å². The predicted octanol–water partition coefficient (Wildman–Crippen LogP) is 7.26. The number of alkyl halides is 1. The van der Waals surface area contributed by atoms with Gasteiger partial charge < -0.3 is 28.6 Å². The smallest absolute Gasteiger partial charge is 0.410 e. The number of hydrogen-bond donors (Lipinski definition) is 0. The van der Waals surface area contributed by atoms with Crippen LogP contribution in [0.3, 0.4) is 0 Å². The molecule has 57 heavy (non-hydrogen) atoms. The Morgan fingerprint density at radius 2 is 1.44 bits per heavy atom. The molecular weight excluding hydrogens is 735 g/mol. The van der Waals surface area contributed by atoms with E-state index in [9.17, 15) is 24.0 Å². The van der Waals surface area contributed by atoms with Crippen LogP contribution in [-0.2, 0) is 55.9 Å². The van der Waals surface area contributed by atoms with Crippen LogP contribution in [0.15, 0.2) is 60.7 Å². The predicted molar refractivity (Wildman–Crippen MR) is 213 cm³/mol. The maximum Gasteiger partial charge on any atom is 0.410 e. The Morgan fingerprint density at radius 1 is 0.807 bits per heavy atom. The van der Waals surface area contributed by atoms with Crippen molar-refractivity contribution in [1.82, 2.24) is 9.80 Å². The number of hydrogen-bond acceptors (Lipinski definition) is 10. The molecule has 0 aliphatic carbocycles. The zero-order valence-electron chi connectivity index (χ0n) is 35.2. The van der Waals surface area contributed by atoms with Crippen molar-refractivity contribution in [3.8, 4) is 0 Å². The number of amides is 2. The summed E-state index contributed by atoms with van der Waals surface area (Å²) in [4.78, 5) is 69.7. The van der Waals surface area contributed by atoms with Crippen molar-refractivity contribution in [2.75, 3.05) is 27.3 Å². The van der Waals surface area contributed by atoms with E-state index in [4.69, 9.17) is 23.7 Å². The lowest BCUT2D eigenvalue weighted by atomic mass is 9.98. The van der Waals surface area contributed by atoms with Gasteiger partial charge in [-0.05, 0) is 95.4 Å². The van der Waals surface area contributed by atoms with Crippen LogP contribution in [0.1, 0.15) is 97.8 Å².